The van der Waals surface area contributed by atoms with Crippen molar-refractivity contribution < 1.29 is 19.1 Å². The lowest BCUT2D eigenvalue weighted by molar-refractivity contribution is -0.152. The third-order valence-electron chi connectivity index (χ3n) is 2.11. The molecule has 0 aromatic heterocycles. The van der Waals surface area contributed by atoms with Gasteiger partial charge in [-0.3, -0.25) is 9.59 Å². The van der Waals surface area contributed by atoms with Crippen LogP contribution in [0.3, 0.4) is 0 Å². The Morgan fingerprint density at radius 1 is 1.11 bits per heavy atom. The Balaban J connectivity index is 2.26. The van der Waals surface area contributed by atoms with Crippen molar-refractivity contribution in [3.05, 3.63) is 35.9 Å². The molecule has 0 saturated carbocycles. The molecule has 0 atom stereocenters. The van der Waals surface area contributed by atoms with Crippen molar-refractivity contribution >= 4 is 17.8 Å². The number of carbonyl (C=O) groups is 3. The molecule has 2 amide bonds. The summed E-state index contributed by atoms with van der Waals surface area (Å²) < 4.78 is 4.19. The zero-order valence-electron chi connectivity index (χ0n) is 9.93. The number of ether oxygens (including phenoxy) is 1. The molecule has 1 rings (SSSR count). The van der Waals surface area contributed by atoms with Crippen molar-refractivity contribution in [3.63, 3.8) is 0 Å². The SMILES string of the molecule is COC(=O)C(=O)NCC(=O)NCc1ccccc1. The highest BCUT2D eigenvalue weighted by atomic mass is 16.5. The smallest absolute Gasteiger partial charge is 0.396 e. The van der Waals surface area contributed by atoms with Gasteiger partial charge in [-0.2, -0.15) is 0 Å². The summed E-state index contributed by atoms with van der Waals surface area (Å²) in [7, 11) is 1.09. The van der Waals surface area contributed by atoms with E-state index in [1.807, 2.05) is 30.3 Å². The fourth-order valence-corrected chi connectivity index (χ4v) is 1.18. The van der Waals surface area contributed by atoms with Crippen LogP contribution in [0.4, 0.5) is 0 Å². The van der Waals surface area contributed by atoms with Crippen LogP contribution >= 0.6 is 0 Å². The van der Waals surface area contributed by atoms with E-state index in [9.17, 15) is 14.4 Å². The van der Waals surface area contributed by atoms with Crippen LogP contribution < -0.4 is 10.6 Å². The van der Waals surface area contributed by atoms with Gasteiger partial charge >= 0.3 is 11.9 Å². The van der Waals surface area contributed by atoms with E-state index in [0.717, 1.165) is 12.7 Å². The van der Waals surface area contributed by atoms with E-state index < -0.39 is 11.9 Å². The van der Waals surface area contributed by atoms with Gasteiger partial charge in [0.05, 0.1) is 13.7 Å². The van der Waals surface area contributed by atoms with Crippen molar-refractivity contribution in [1.29, 1.82) is 0 Å². The van der Waals surface area contributed by atoms with E-state index in [2.05, 4.69) is 15.4 Å². The minimum absolute atomic E-state index is 0.263. The lowest BCUT2D eigenvalue weighted by Crippen LogP contribution is -2.40. The summed E-state index contributed by atoms with van der Waals surface area (Å²) >= 11 is 0. The molecule has 0 spiro atoms. The third kappa shape index (κ3) is 4.65. The quantitative estimate of drug-likeness (QED) is 0.562. The first kappa shape index (κ1) is 13.7. The fourth-order valence-electron chi connectivity index (χ4n) is 1.18. The minimum atomic E-state index is -1.02. The Bertz CT molecular complexity index is 431. The first-order valence-corrected chi connectivity index (χ1v) is 5.30. The molecule has 18 heavy (non-hydrogen) atoms. The van der Waals surface area contributed by atoms with Gasteiger partial charge < -0.3 is 15.4 Å². The lowest BCUT2D eigenvalue weighted by Gasteiger charge is -2.06. The predicted octanol–water partition coefficient (Wildman–Crippen LogP) is -0.408. The number of hydrogen-bond donors (Lipinski definition) is 2. The van der Waals surface area contributed by atoms with Crippen LogP contribution in [0, 0.1) is 0 Å². The van der Waals surface area contributed by atoms with Gasteiger partial charge in [-0.15, -0.1) is 0 Å². The van der Waals surface area contributed by atoms with Gasteiger partial charge in [0, 0.05) is 6.54 Å². The summed E-state index contributed by atoms with van der Waals surface area (Å²) in [5.74, 6) is -2.34. The van der Waals surface area contributed by atoms with Crippen LogP contribution in [0.25, 0.3) is 0 Å². The molecule has 96 valence electrons. The maximum Gasteiger partial charge on any atom is 0.396 e. The first-order chi connectivity index (χ1) is 8.63. The zero-order chi connectivity index (χ0) is 13.4. The Morgan fingerprint density at radius 2 is 1.78 bits per heavy atom. The molecule has 0 aliphatic rings. The Hall–Kier alpha value is -2.37. The van der Waals surface area contributed by atoms with Gasteiger partial charge in [0.1, 0.15) is 0 Å². The van der Waals surface area contributed by atoms with Gasteiger partial charge in [-0.05, 0) is 5.56 Å². The summed E-state index contributed by atoms with van der Waals surface area (Å²) in [6, 6.07) is 9.34. The normalized spacial score (nSPS) is 9.39. The van der Waals surface area contributed by atoms with Crippen molar-refractivity contribution in [3.8, 4) is 0 Å². The van der Waals surface area contributed by atoms with Crippen molar-refractivity contribution in [2.75, 3.05) is 13.7 Å². The summed E-state index contributed by atoms with van der Waals surface area (Å²) in [6.07, 6.45) is 0. The molecule has 0 bridgehead atoms. The number of amides is 2. The monoisotopic (exact) mass is 250 g/mol. The summed E-state index contributed by atoms with van der Waals surface area (Å²) in [6.45, 7) is 0.106. The second-order valence-electron chi connectivity index (χ2n) is 3.44. The topological polar surface area (TPSA) is 84.5 Å². The van der Waals surface area contributed by atoms with Gasteiger partial charge in [0.15, 0.2) is 0 Å². The first-order valence-electron chi connectivity index (χ1n) is 5.30. The number of hydrogen-bond acceptors (Lipinski definition) is 4. The average Bonchev–Trinajstić information content (AvgIpc) is 2.42. The van der Waals surface area contributed by atoms with Crippen molar-refractivity contribution in [1.82, 2.24) is 10.6 Å². The highest BCUT2D eigenvalue weighted by Crippen LogP contribution is 1.96. The number of rotatable bonds is 4. The van der Waals surface area contributed by atoms with Crippen LogP contribution in [-0.4, -0.2) is 31.4 Å². The average molecular weight is 250 g/mol. The maximum absolute atomic E-state index is 11.4. The number of carbonyl (C=O) groups excluding carboxylic acids is 3. The molecule has 0 aliphatic heterocycles. The van der Waals surface area contributed by atoms with Crippen LogP contribution in [0.15, 0.2) is 30.3 Å². The van der Waals surface area contributed by atoms with Gasteiger partial charge in [0.2, 0.25) is 5.91 Å². The molecule has 6 nitrogen and oxygen atoms in total. The largest absolute Gasteiger partial charge is 0.462 e. The number of benzene rings is 1. The zero-order valence-corrected chi connectivity index (χ0v) is 9.93. The molecule has 2 N–H and O–H groups in total. The molecule has 0 heterocycles. The maximum atomic E-state index is 11.4. The molecule has 1 aromatic carbocycles. The van der Waals surface area contributed by atoms with E-state index in [1.165, 1.54) is 0 Å². The van der Waals surface area contributed by atoms with E-state index in [0.29, 0.717) is 6.54 Å². The fraction of sp³-hybridized carbons (Fsp3) is 0.250. The molecule has 0 unspecified atom stereocenters. The molecule has 0 saturated heterocycles. The van der Waals surface area contributed by atoms with Gasteiger partial charge in [-0.25, -0.2) is 4.79 Å². The van der Waals surface area contributed by atoms with Crippen molar-refractivity contribution in [2.24, 2.45) is 0 Å². The molecular formula is C12H14N2O4. The van der Waals surface area contributed by atoms with Crippen LogP contribution in [0.5, 0.6) is 0 Å². The predicted molar refractivity (Wildman–Crippen MR) is 63.3 cm³/mol. The molecule has 0 radical (unpaired) electrons. The van der Waals surface area contributed by atoms with Crippen LogP contribution in [0.2, 0.25) is 0 Å². The molecule has 0 fully saturated rings. The molecule has 1 aromatic rings. The summed E-state index contributed by atoms with van der Waals surface area (Å²) in [5.41, 5.74) is 0.949. The van der Waals surface area contributed by atoms with E-state index in [1.54, 1.807) is 0 Å². The van der Waals surface area contributed by atoms with Crippen molar-refractivity contribution in [2.45, 2.75) is 6.54 Å². The van der Waals surface area contributed by atoms with E-state index >= 15 is 0 Å². The Kier molecular flexibility index (Phi) is 5.37. The second kappa shape index (κ2) is 7.05. The standard InChI is InChI=1S/C12H14N2O4/c1-18-12(17)11(16)14-8-10(15)13-7-9-5-3-2-4-6-9/h2-6H,7-8H2,1H3,(H,13,15)(H,14,16). The van der Waals surface area contributed by atoms with Gasteiger partial charge in [0.25, 0.3) is 0 Å². The van der Waals surface area contributed by atoms with Gasteiger partial charge in [-0.1, -0.05) is 30.3 Å². The minimum Gasteiger partial charge on any atom is -0.462 e. The lowest BCUT2D eigenvalue weighted by atomic mass is 10.2. The van der Waals surface area contributed by atoms with Crippen LogP contribution in [-0.2, 0) is 25.7 Å². The highest BCUT2D eigenvalue weighted by Gasteiger charge is 2.14. The van der Waals surface area contributed by atoms with E-state index in [-0.39, 0.29) is 12.5 Å². The summed E-state index contributed by atoms with van der Waals surface area (Å²) in [5, 5.41) is 4.75. The Labute approximate surface area is 104 Å². The highest BCUT2D eigenvalue weighted by molar-refractivity contribution is 6.32. The number of methoxy groups -OCH3 is 1. The molecule has 6 heteroatoms. The number of esters is 1. The summed E-state index contributed by atoms with van der Waals surface area (Å²) in [4.78, 5) is 33.1. The van der Waals surface area contributed by atoms with E-state index in [4.69, 9.17) is 0 Å². The molecule has 0 aliphatic carbocycles. The van der Waals surface area contributed by atoms with Crippen LogP contribution in [0.1, 0.15) is 5.56 Å². The molecular weight excluding hydrogens is 236 g/mol. The third-order valence-corrected chi connectivity index (χ3v) is 2.11. The number of nitrogens with one attached hydrogen (secondary N) is 2. The Morgan fingerprint density at radius 3 is 2.39 bits per heavy atom. The second-order valence-corrected chi connectivity index (χ2v) is 3.44.